The van der Waals surface area contributed by atoms with Crippen molar-refractivity contribution < 1.29 is 24.3 Å². The summed E-state index contributed by atoms with van der Waals surface area (Å²) in [4.78, 5) is 23.7. The number of rotatable bonds is 8. The number of ether oxygens (including phenoxy) is 2. The minimum atomic E-state index is -0.582. The van der Waals surface area contributed by atoms with Gasteiger partial charge < -0.3 is 19.5 Å². The van der Waals surface area contributed by atoms with Crippen LogP contribution in [0.3, 0.4) is 0 Å². The van der Waals surface area contributed by atoms with Crippen molar-refractivity contribution in [1.82, 2.24) is 0 Å². The molecule has 1 rings (SSSR count). The lowest BCUT2D eigenvalue weighted by Crippen LogP contribution is -2.31. The van der Waals surface area contributed by atoms with Crippen LogP contribution in [0, 0.1) is 10.1 Å². The first-order valence-corrected chi connectivity index (χ1v) is 6.26. The zero-order valence-electron chi connectivity index (χ0n) is 11.9. The van der Waals surface area contributed by atoms with Crippen LogP contribution in [0.15, 0.2) is 18.2 Å². The number of carbonyl (C=O) groups excluding carboxylic acids is 1. The van der Waals surface area contributed by atoms with E-state index in [1.807, 2.05) is 0 Å². The highest BCUT2D eigenvalue weighted by Gasteiger charge is 2.21. The molecule has 116 valence electrons. The minimum Gasteiger partial charge on any atom is -0.465 e. The number of aliphatic hydroxyl groups is 1. The molecule has 0 heterocycles. The Morgan fingerprint density at radius 1 is 1.38 bits per heavy atom. The average Bonchev–Trinajstić information content (AvgIpc) is 2.49. The van der Waals surface area contributed by atoms with Crippen molar-refractivity contribution in [1.29, 1.82) is 0 Å². The lowest BCUT2D eigenvalue weighted by Gasteiger charge is -2.23. The van der Waals surface area contributed by atoms with Crippen LogP contribution in [0.1, 0.15) is 10.4 Å². The first kappa shape index (κ1) is 16.9. The van der Waals surface area contributed by atoms with Gasteiger partial charge in [0.05, 0.1) is 30.8 Å². The summed E-state index contributed by atoms with van der Waals surface area (Å²) in [6.07, 6.45) is 0. The van der Waals surface area contributed by atoms with E-state index in [1.54, 1.807) is 4.90 Å². The maximum absolute atomic E-state index is 11.6. The lowest BCUT2D eigenvalue weighted by molar-refractivity contribution is -0.384. The first-order valence-electron chi connectivity index (χ1n) is 6.26. The summed E-state index contributed by atoms with van der Waals surface area (Å²) < 4.78 is 9.57. The molecule has 1 aromatic carbocycles. The summed E-state index contributed by atoms with van der Waals surface area (Å²) >= 11 is 0. The molecule has 0 unspecified atom stereocenters. The second-order valence-corrected chi connectivity index (χ2v) is 4.16. The van der Waals surface area contributed by atoms with Crippen molar-refractivity contribution in [3.05, 3.63) is 33.9 Å². The van der Waals surface area contributed by atoms with Crippen LogP contribution >= 0.6 is 0 Å². The fraction of sp³-hybridized carbons (Fsp3) is 0.462. The number of anilines is 1. The number of carbonyl (C=O) groups is 1. The molecule has 8 nitrogen and oxygen atoms in total. The molecule has 1 aromatic rings. The van der Waals surface area contributed by atoms with Gasteiger partial charge in [-0.2, -0.15) is 0 Å². The highest BCUT2D eigenvalue weighted by molar-refractivity contribution is 5.91. The van der Waals surface area contributed by atoms with Crippen molar-refractivity contribution in [2.45, 2.75) is 0 Å². The van der Waals surface area contributed by atoms with Crippen molar-refractivity contribution in [3.63, 3.8) is 0 Å². The predicted molar refractivity (Wildman–Crippen MR) is 75.6 cm³/mol. The molecule has 0 saturated carbocycles. The van der Waals surface area contributed by atoms with E-state index >= 15 is 0 Å². The lowest BCUT2D eigenvalue weighted by atomic mass is 10.1. The Morgan fingerprint density at radius 3 is 2.62 bits per heavy atom. The van der Waals surface area contributed by atoms with E-state index in [2.05, 4.69) is 4.74 Å². The van der Waals surface area contributed by atoms with Gasteiger partial charge in [-0.15, -0.1) is 0 Å². The molecule has 0 spiro atoms. The van der Waals surface area contributed by atoms with Crippen molar-refractivity contribution in [2.24, 2.45) is 0 Å². The van der Waals surface area contributed by atoms with Crippen molar-refractivity contribution >= 4 is 17.3 Å². The van der Waals surface area contributed by atoms with E-state index < -0.39 is 10.9 Å². The first-order chi connectivity index (χ1) is 10.0. The largest absolute Gasteiger partial charge is 0.465 e. The van der Waals surface area contributed by atoms with E-state index in [9.17, 15) is 14.9 Å². The Morgan fingerprint density at radius 2 is 2.10 bits per heavy atom. The summed E-state index contributed by atoms with van der Waals surface area (Å²) in [5.41, 5.74) is 0.305. The summed E-state index contributed by atoms with van der Waals surface area (Å²) in [5.74, 6) is -0.582. The number of esters is 1. The zero-order valence-corrected chi connectivity index (χ0v) is 11.9. The Hall–Kier alpha value is -2.19. The van der Waals surface area contributed by atoms with E-state index in [0.717, 1.165) is 0 Å². The van der Waals surface area contributed by atoms with Gasteiger partial charge in [0.1, 0.15) is 5.69 Å². The van der Waals surface area contributed by atoms with Gasteiger partial charge in [-0.25, -0.2) is 4.79 Å². The van der Waals surface area contributed by atoms with E-state index in [0.29, 0.717) is 13.2 Å². The third-order valence-electron chi connectivity index (χ3n) is 2.87. The Kier molecular flexibility index (Phi) is 6.57. The molecule has 0 fully saturated rings. The highest BCUT2D eigenvalue weighted by Crippen LogP contribution is 2.29. The highest BCUT2D eigenvalue weighted by atomic mass is 16.6. The molecule has 0 aromatic heterocycles. The summed E-state index contributed by atoms with van der Waals surface area (Å²) in [7, 11) is 2.75. The molecule has 1 N–H and O–H groups in total. The van der Waals surface area contributed by atoms with Crippen LogP contribution in [-0.2, 0) is 9.47 Å². The average molecular weight is 298 g/mol. The topological polar surface area (TPSA) is 102 Å². The molecule has 0 radical (unpaired) electrons. The van der Waals surface area contributed by atoms with Gasteiger partial charge in [0.15, 0.2) is 0 Å². The fourth-order valence-electron chi connectivity index (χ4n) is 1.85. The Labute approximate surface area is 122 Å². The monoisotopic (exact) mass is 298 g/mol. The number of hydrogen-bond acceptors (Lipinski definition) is 7. The van der Waals surface area contributed by atoms with Crippen LogP contribution in [-0.4, -0.2) is 56.5 Å². The smallest absolute Gasteiger partial charge is 0.337 e. The standard InChI is InChI=1S/C13H18N2O6/c1-20-8-6-14(5-7-16)12-9-10(13(17)21-2)3-4-11(12)15(18)19/h3-4,9,16H,5-8H2,1-2H3. The van der Waals surface area contributed by atoms with Gasteiger partial charge in [-0.1, -0.05) is 0 Å². The van der Waals surface area contributed by atoms with Crippen molar-refractivity contribution in [2.75, 3.05) is 45.4 Å². The van der Waals surface area contributed by atoms with Crippen LogP contribution in [0.25, 0.3) is 0 Å². The molecule has 0 amide bonds. The molecule has 21 heavy (non-hydrogen) atoms. The summed E-state index contributed by atoms with van der Waals surface area (Å²) in [6, 6.07) is 3.97. The summed E-state index contributed by atoms with van der Waals surface area (Å²) in [6.45, 7) is 0.695. The molecular formula is C13H18N2O6. The number of benzene rings is 1. The Bertz CT molecular complexity index is 505. The Balaban J connectivity index is 3.24. The second kappa shape index (κ2) is 8.18. The van der Waals surface area contributed by atoms with Gasteiger partial charge in [0.25, 0.3) is 5.69 Å². The van der Waals surface area contributed by atoms with E-state index in [-0.39, 0.29) is 30.1 Å². The van der Waals surface area contributed by atoms with Gasteiger partial charge in [0, 0.05) is 26.3 Å². The molecule has 0 saturated heterocycles. The minimum absolute atomic E-state index is 0.146. The van der Waals surface area contributed by atoms with Crippen LogP contribution in [0.2, 0.25) is 0 Å². The number of nitrogens with zero attached hydrogens (tertiary/aromatic N) is 2. The number of hydrogen-bond donors (Lipinski definition) is 1. The second-order valence-electron chi connectivity index (χ2n) is 4.16. The fourth-order valence-corrected chi connectivity index (χ4v) is 1.85. The SMILES string of the molecule is COCCN(CCO)c1cc(C(=O)OC)ccc1[N+](=O)[O-]. The third kappa shape index (κ3) is 4.40. The molecule has 0 aliphatic rings. The molecule has 0 bridgehead atoms. The molecule has 0 atom stereocenters. The molecular weight excluding hydrogens is 280 g/mol. The third-order valence-corrected chi connectivity index (χ3v) is 2.87. The molecule has 0 aliphatic carbocycles. The van der Waals surface area contributed by atoms with Gasteiger partial charge in [-0.05, 0) is 12.1 Å². The van der Waals surface area contributed by atoms with Gasteiger partial charge in [-0.3, -0.25) is 10.1 Å². The predicted octanol–water partition coefficient (Wildman–Crippen LogP) is 0.827. The van der Waals surface area contributed by atoms with Crippen molar-refractivity contribution in [3.8, 4) is 0 Å². The normalized spacial score (nSPS) is 10.2. The van der Waals surface area contributed by atoms with Gasteiger partial charge >= 0.3 is 5.97 Å². The molecule has 0 aliphatic heterocycles. The number of methoxy groups -OCH3 is 2. The summed E-state index contributed by atoms with van der Waals surface area (Å²) in [5, 5.41) is 20.2. The van der Waals surface area contributed by atoms with E-state index in [4.69, 9.17) is 9.84 Å². The maximum atomic E-state index is 11.6. The van der Waals surface area contributed by atoms with Crippen LogP contribution < -0.4 is 4.90 Å². The zero-order chi connectivity index (χ0) is 15.8. The number of nitro groups is 1. The maximum Gasteiger partial charge on any atom is 0.337 e. The molecule has 8 heteroatoms. The van der Waals surface area contributed by atoms with E-state index in [1.165, 1.54) is 32.4 Å². The van der Waals surface area contributed by atoms with Crippen LogP contribution in [0.5, 0.6) is 0 Å². The van der Waals surface area contributed by atoms with Crippen LogP contribution in [0.4, 0.5) is 11.4 Å². The quantitative estimate of drug-likeness (QED) is 0.430. The number of nitro benzene ring substituents is 1. The van der Waals surface area contributed by atoms with Gasteiger partial charge in [0.2, 0.25) is 0 Å². The number of aliphatic hydroxyl groups excluding tert-OH is 1.